The molecule has 3 N–H and O–H groups in total. The number of hydrogen-bond donors (Lipinski definition) is 3. The third kappa shape index (κ3) is 5.70. The first-order valence-electron chi connectivity index (χ1n) is 7.44. The molecule has 3 amide bonds. The van der Waals surface area contributed by atoms with E-state index in [2.05, 4.69) is 10.1 Å². The average Bonchev–Trinajstić information content (AvgIpc) is 3.17. The molecule has 0 aliphatic heterocycles. The molecule has 0 aliphatic carbocycles. The Hall–Kier alpha value is -3.63. The van der Waals surface area contributed by atoms with Gasteiger partial charge in [-0.15, -0.1) is 0 Å². The Kier molecular flexibility index (Phi) is 6.69. The van der Waals surface area contributed by atoms with E-state index in [0.29, 0.717) is 5.76 Å². The minimum Gasteiger partial charge on any atom is -0.493 e. The first kappa shape index (κ1) is 19.7. The predicted molar refractivity (Wildman–Crippen MR) is 85.8 cm³/mol. The number of carbonyl (C=O) groups excluding carboxylic acids is 3. The topological polar surface area (TPSA) is 119 Å². The highest BCUT2D eigenvalue weighted by Gasteiger charge is 2.17. The minimum absolute atomic E-state index is 0.00397. The zero-order valence-corrected chi connectivity index (χ0v) is 14.0. The van der Waals surface area contributed by atoms with E-state index in [9.17, 15) is 23.2 Å². The fraction of sp³-hybridized carbons (Fsp3) is 0.188. The number of alkyl halides is 2. The van der Waals surface area contributed by atoms with Gasteiger partial charge in [0.05, 0.1) is 19.9 Å². The van der Waals surface area contributed by atoms with Crippen LogP contribution < -0.4 is 25.6 Å². The van der Waals surface area contributed by atoms with Crippen molar-refractivity contribution in [2.75, 3.05) is 7.11 Å². The number of methoxy groups -OCH3 is 1. The van der Waals surface area contributed by atoms with Crippen molar-refractivity contribution in [2.24, 2.45) is 0 Å². The maximum Gasteiger partial charge on any atom is 0.387 e. The van der Waals surface area contributed by atoms with E-state index >= 15 is 0 Å². The second kappa shape index (κ2) is 9.17. The molecule has 0 radical (unpaired) electrons. The molecule has 0 atom stereocenters. The summed E-state index contributed by atoms with van der Waals surface area (Å²) in [4.78, 5) is 35.3. The van der Waals surface area contributed by atoms with Crippen molar-refractivity contribution < 1.29 is 37.1 Å². The van der Waals surface area contributed by atoms with Crippen LogP contribution in [0.15, 0.2) is 41.0 Å². The normalized spacial score (nSPS) is 10.2. The average molecular weight is 383 g/mol. The monoisotopic (exact) mass is 383 g/mol. The summed E-state index contributed by atoms with van der Waals surface area (Å²) in [6.45, 7) is -3.06. The highest BCUT2D eigenvalue weighted by molar-refractivity contribution is 6.35. The third-order valence-electron chi connectivity index (χ3n) is 3.14. The van der Waals surface area contributed by atoms with Crippen LogP contribution in [-0.2, 0) is 16.1 Å². The number of nitrogens with one attached hydrogen (secondary N) is 3. The van der Waals surface area contributed by atoms with Gasteiger partial charge in [0.2, 0.25) is 0 Å². The number of amides is 3. The lowest BCUT2D eigenvalue weighted by Crippen LogP contribution is -2.48. The summed E-state index contributed by atoms with van der Waals surface area (Å²) in [7, 11) is 1.21. The smallest absolute Gasteiger partial charge is 0.387 e. The van der Waals surface area contributed by atoms with Gasteiger partial charge in [-0.05, 0) is 30.3 Å². The second-order valence-electron chi connectivity index (χ2n) is 4.91. The van der Waals surface area contributed by atoms with E-state index in [1.807, 2.05) is 10.9 Å². The Labute approximate surface area is 151 Å². The highest BCUT2D eigenvalue weighted by Crippen LogP contribution is 2.29. The van der Waals surface area contributed by atoms with Crippen LogP contribution in [0.25, 0.3) is 0 Å². The molecule has 0 bridgehead atoms. The quantitative estimate of drug-likeness (QED) is 0.505. The summed E-state index contributed by atoms with van der Waals surface area (Å²) in [6.07, 6.45) is 1.41. The number of hydrazine groups is 1. The van der Waals surface area contributed by atoms with Crippen LogP contribution in [0.5, 0.6) is 11.5 Å². The molecule has 0 saturated heterocycles. The molecular formula is C16H15F2N3O6. The van der Waals surface area contributed by atoms with Crippen molar-refractivity contribution in [3.8, 4) is 11.5 Å². The Morgan fingerprint density at radius 1 is 1.11 bits per heavy atom. The molecule has 9 nitrogen and oxygen atoms in total. The van der Waals surface area contributed by atoms with Crippen LogP contribution in [0.4, 0.5) is 8.78 Å². The number of ether oxygens (including phenoxy) is 2. The van der Waals surface area contributed by atoms with Gasteiger partial charge in [-0.25, -0.2) is 0 Å². The van der Waals surface area contributed by atoms with E-state index < -0.39 is 24.3 Å². The molecule has 0 unspecified atom stereocenters. The highest BCUT2D eigenvalue weighted by atomic mass is 19.3. The van der Waals surface area contributed by atoms with Gasteiger partial charge in [-0.1, -0.05) is 0 Å². The fourth-order valence-corrected chi connectivity index (χ4v) is 1.91. The molecule has 1 aromatic heterocycles. The summed E-state index contributed by atoms with van der Waals surface area (Å²) in [5.74, 6) is -2.83. The summed E-state index contributed by atoms with van der Waals surface area (Å²) in [5, 5.41) is 2.29. The molecule has 2 aromatic rings. The van der Waals surface area contributed by atoms with Gasteiger partial charge in [0, 0.05) is 5.56 Å². The standard InChI is InChI=1S/C16H15F2N3O6/c1-25-12-7-9(4-5-11(12)27-16(17)18)13(22)20-21-15(24)14(23)19-8-10-3-2-6-26-10/h2-7,16H,8H2,1H3,(H,19,23)(H,20,22)(H,21,24). The lowest BCUT2D eigenvalue weighted by Gasteiger charge is -2.12. The summed E-state index contributed by atoms with van der Waals surface area (Å²) in [6, 6.07) is 6.65. The van der Waals surface area contributed by atoms with E-state index in [1.54, 1.807) is 12.1 Å². The van der Waals surface area contributed by atoms with Crippen LogP contribution in [0.2, 0.25) is 0 Å². The molecule has 1 aromatic carbocycles. The van der Waals surface area contributed by atoms with Crippen molar-refractivity contribution >= 4 is 17.7 Å². The summed E-state index contributed by atoms with van der Waals surface area (Å²) < 4.78 is 38.7. The Balaban J connectivity index is 1.88. The minimum atomic E-state index is -3.06. The molecule has 27 heavy (non-hydrogen) atoms. The molecule has 0 spiro atoms. The summed E-state index contributed by atoms with van der Waals surface area (Å²) >= 11 is 0. The van der Waals surface area contributed by atoms with E-state index in [4.69, 9.17) is 9.15 Å². The number of halogens is 2. The van der Waals surface area contributed by atoms with Crippen LogP contribution >= 0.6 is 0 Å². The van der Waals surface area contributed by atoms with Crippen molar-refractivity contribution in [1.82, 2.24) is 16.2 Å². The zero-order valence-electron chi connectivity index (χ0n) is 14.0. The van der Waals surface area contributed by atoms with Gasteiger partial charge in [0.25, 0.3) is 5.91 Å². The predicted octanol–water partition coefficient (Wildman–Crippen LogP) is 0.967. The van der Waals surface area contributed by atoms with Crippen molar-refractivity contribution in [1.29, 1.82) is 0 Å². The van der Waals surface area contributed by atoms with Gasteiger partial charge in [0.1, 0.15) is 5.76 Å². The van der Waals surface area contributed by atoms with Gasteiger partial charge >= 0.3 is 18.4 Å². The number of hydrogen-bond acceptors (Lipinski definition) is 6. The van der Waals surface area contributed by atoms with E-state index in [1.165, 1.54) is 19.4 Å². The van der Waals surface area contributed by atoms with Crippen LogP contribution in [-0.4, -0.2) is 31.4 Å². The lowest BCUT2D eigenvalue weighted by atomic mass is 10.2. The van der Waals surface area contributed by atoms with Gasteiger partial charge in [0.15, 0.2) is 11.5 Å². The number of carbonyl (C=O) groups is 3. The summed E-state index contributed by atoms with van der Waals surface area (Å²) in [5.41, 5.74) is 3.92. The molecular weight excluding hydrogens is 368 g/mol. The molecule has 0 fully saturated rings. The Morgan fingerprint density at radius 3 is 2.52 bits per heavy atom. The van der Waals surface area contributed by atoms with E-state index in [0.717, 1.165) is 12.1 Å². The Morgan fingerprint density at radius 2 is 1.89 bits per heavy atom. The number of benzene rings is 1. The van der Waals surface area contributed by atoms with Gasteiger partial charge in [-0.2, -0.15) is 8.78 Å². The van der Waals surface area contributed by atoms with Crippen molar-refractivity contribution in [3.63, 3.8) is 0 Å². The third-order valence-corrected chi connectivity index (χ3v) is 3.14. The molecule has 1 heterocycles. The van der Waals surface area contributed by atoms with Crippen LogP contribution in [0.1, 0.15) is 16.1 Å². The SMILES string of the molecule is COc1cc(C(=O)NNC(=O)C(=O)NCc2ccco2)ccc1OC(F)F. The maximum absolute atomic E-state index is 12.3. The Bertz CT molecular complexity index is 810. The van der Waals surface area contributed by atoms with Crippen molar-refractivity contribution in [2.45, 2.75) is 13.2 Å². The van der Waals surface area contributed by atoms with Crippen LogP contribution in [0, 0.1) is 0 Å². The fourth-order valence-electron chi connectivity index (χ4n) is 1.91. The van der Waals surface area contributed by atoms with Gasteiger partial charge < -0.3 is 19.2 Å². The largest absolute Gasteiger partial charge is 0.493 e. The molecule has 144 valence electrons. The zero-order chi connectivity index (χ0) is 19.8. The molecule has 11 heteroatoms. The van der Waals surface area contributed by atoms with E-state index in [-0.39, 0.29) is 23.6 Å². The first-order valence-corrected chi connectivity index (χ1v) is 7.44. The molecule has 0 saturated carbocycles. The molecule has 2 rings (SSSR count). The first-order chi connectivity index (χ1) is 12.9. The number of furan rings is 1. The molecule has 0 aliphatic rings. The van der Waals surface area contributed by atoms with Crippen molar-refractivity contribution in [3.05, 3.63) is 47.9 Å². The lowest BCUT2D eigenvalue weighted by molar-refractivity contribution is -0.139. The number of rotatable bonds is 6. The second-order valence-corrected chi connectivity index (χ2v) is 4.91. The van der Waals surface area contributed by atoms with Gasteiger partial charge in [-0.3, -0.25) is 25.2 Å². The van der Waals surface area contributed by atoms with Crippen LogP contribution in [0.3, 0.4) is 0 Å². The maximum atomic E-state index is 12.3.